The molecule has 1 aromatic rings. The van der Waals surface area contributed by atoms with E-state index in [0.717, 1.165) is 29.6 Å². The largest absolute Gasteiger partial charge is 0.468 e. The minimum Gasteiger partial charge on any atom is -0.468 e. The molecule has 5 nitrogen and oxygen atoms in total. The number of nitrogens with zero attached hydrogens (tertiary/aromatic N) is 1. The summed E-state index contributed by atoms with van der Waals surface area (Å²) in [6, 6.07) is 9.05. The number of aliphatic hydroxyl groups is 1. The average Bonchev–Trinajstić information content (AvgIpc) is 3.13. The Morgan fingerprint density at radius 1 is 1.41 bits per heavy atom. The van der Waals surface area contributed by atoms with Crippen molar-refractivity contribution in [2.45, 2.75) is 49.4 Å². The first-order valence-electron chi connectivity index (χ1n) is 10.1. The summed E-state index contributed by atoms with van der Waals surface area (Å²) in [6.07, 6.45) is 3.23. The predicted octanol–water partition coefficient (Wildman–Crippen LogP) is 1.82. The standard InChI is InChI=1S/C22H27N2O3/c1-4-12-11-24(2)16-9-14(12)22(20(26)27-3)17(24)10-21(19(22)25)13-7-5-6-8-15(13)23-18(16)21/h4-8,14,16-19,23,25H,9-11H2,1-3H3/q+1/b12-4+/t14-,16+,17+,18-,19+,21-,22+,24-/m1/s1. The molecule has 5 heterocycles. The van der Waals surface area contributed by atoms with E-state index in [1.807, 2.05) is 6.07 Å². The van der Waals surface area contributed by atoms with E-state index in [4.69, 9.17) is 4.74 Å². The molecule has 7 rings (SSSR count). The van der Waals surface area contributed by atoms with Crippen LogP contribution in [0.4, 0.5) is 5.69 Å². The number of hydrogen-bond donors (Lipinski definition) is 2. The van der Waals surface area contributed by atoms with Gasteiger partial charge in [0.25, 0.3) is 0 Å². The minimum absolute atomic E-state index is 0.0823. The number of anilines is 1. The normalized spacial score (nSPS) is 51.9. The first-order valence-corrected chi connectivity index (χ1v) is 10.1. The Morgan fingerprint density at radius 2 is 2.19 bits per heavy atom. The van der Waals surface area contributed by atoms with Crippen LogP contribution in [0.15, 0.2) is 35.9 Å². The van der Waals surface area contributed by atoms with Gasteiger partial charge in [-0.05, 0) is 24.1 Å². The van der Waals surface area contributed by atoms with Crippen LogP contribution in [0.3, 0.4) is 0 Å². The number of allylic oxidation sites excluding steroid dienone is 1. The highest BCUT2D eigenvalue weighted by Crippen LogP contribution is 2.73. The van der Waals surface area contributed by atoms with Gasteiger partial charge in [0.2, 0.25) is 0 Å². The smallest absolute Gasteiger partial charge is 0.321 e. The van der Waals surface area contributed by atoms with Crippen molar-refractivity contribution in [2.75, 3.05) is 26.0 Å². The van der Waals surface area contributed by atoms with Crippen LogP contribution < -0.4 is 5.32 Å². The van der Waals surface area contributed by atoms with Crippen molar-refractivity contribution < 1.29 is 19.1 Å². The Morgan fingerprint density at radius 3 is 2.93 bits per heavy atom. The molecule has 2 N–H and O–H groups in total. The number of methoxy groups -OCH3 is 1. The van der Waals surface area contributed by atoms with E-state index in [-0.39, 0.29) is 24.0 Å². The van der Waals surface area contributed by atoms with Crippen molar-refractivity contribution in [3.05, 3.63) is 41.5 Å². The van der Waals surface area contributed by atoms with Crippen molar-refractivity contribution in [1.82, 2.24) is 0 Å². The summed E-state index contributed by atoms with van der Waals surface area (Å²) >= 11 is 0. The third-order valence-corrected chi connectivity index (χ3v) is 9.11. The van der Waals surface area contributed by atoms with E-state index in [0.29, 0.717) is 6.04 Å². The zero-order valence-electron chi connectivity index (χ0n) is 16.1. The molecule has 1 aliphatic carbocycles. The summed E-state index contributed by atoms with van der Waals surface area (Å²) in [7, 11) is 3.78. The summed E-state index contributed by atoms with van der Waals surface area (Å²) in [6.45, 7) is 3.05. The number of rotatable bonds is 1. The minimum atomic E-state index is -0.839. The Kier molecular flexibility index (Phi) is 2.74. The molecule has 27 heavy (non-hydrogen) atoms. The first kappa shape index (κ1) is 16.1. The van der Waals surface area contributed by atoms with Crippen LogP contribution in [0.25, 0.3) is 0 Å². The average molecular weight is 367 g/mol. The van der Waals surface area contributed by atoms with Crippen LogP contribution in [0.2, 0.25) is 0 Å². The lowest BCUT2D eigenvalue weighted by atomic mass is 9.57. The molecule has 1 saturated carbocycles. The van der Waals surface area contributed by atoms with Crippen molar-refractivity contribution in [3.63, 3.8) is 0 Å². The van der Waals surface area contributed by atoms with Crippen molar-refractivity contribution in [3.8, 4) is 0 Å². The van der Waals surface area contributed by atoms with Crippen LogP contribution >= 0.6 is 0 Å². The number of likely N-dealkylation sites (N-methyl/N-ethyl adjacent to an activating group) is 1. The van der Waals surface area contributed by atoms with Crippen LogP contribution in [0.5, 0.6) is 0 Å². The van der Waals surface area contributed by atoms with Crippen LogP contribution in [0.1, 0.15) is 25.3 Å². The molecular formula is C22H27N2O3+. The molecule has 142 valence electrons. The van der Waals surface area contributed by atoms with Crippen molar-refractivity contribution in [1.29, 1.82) is 0 Å². The Balaban J connectivity index is 1.68. The lowest BCUT2D eigenvalue weighted by molar-refractivity contribution is -0.975. The zero-order valence-corrected chi connectivity index (χ0v) is 16.1. The summed E-state index contributed by atoms with van der Waals surface area (Å²) < 4.78 is 6.24. The van der Waals surface area contributed by atoms with Gasteiger partial charge in [0, 0.05) is 24.4 Å². The van der Waals surface area contributed by atoms with Crippen LogP contribution in [-0.4, -0.2) is 60.5 Å². The van der Waals surface area contributed by atoms with Gasteiger partial charge in [0.15, 0.2) is 5.41 Å². The Labute approximate surface area is 159 Å². The van der Waals surface area contributed by atoms with Crippen molar-refractivity contribution >= 4 is 11.7 Å². The van der Waals surface area contributed by atoms with E-state index in [1.165, 1.54) is 18.2 Å². The number of fused-ring (bicyclic) bond motifs is 2. The van der Waals surface area contributed by atoms with E-state index in [2.05, 4.69) is 43.6 Å². The third kappa shape index (κ3) is 1.37. The number of aliphatic hydroxyl groups excluding tert-OH is 1. The van der Waals surface area contributed by atoms with Gasteiger partial charge in [-0.3, -0.25) is 4.79 Å². The zero-order chi connectivity index (χ0) is 18.8. The monoisotopic (exact) mass is 367 g/mol. The number of para-hydroxylation sites is 1. The molecule has 5 fully saturated rings. The van der Waals surface area contributed by atoms with Gasteiger partial charge in [0.1, 0.15) is 18.6 Å². The van der Waals surface area contributed by atoms with Gasteiger partial charge < -0.3 is 19.6 Å². The summed E-state index contributed by atoms with van der Waals surface area (Å²) in [5.74, 6) is -0.132. The van der Waals surface area contributed by atoms with Gasteiger partial charge in [-0.2, -0.15) is 0 Å². The molecule has 5 heteroatoms. The number of carbonyl (C=O) groups is 1. The molecule has 0 aromatic heterocycles. The van der Waals surface area contributed by atoms with E-state index in [9.17, 15) is 9.90 Å². The topological polar surface area (TPSA) is 58.6 Å². The number of carbonyl (C=O) groups excluding carboxylic acids is 1. The second kappa shape index (κ2) is 4.58. The maximum absolute atomic E-state index is 13.4. The van der Waals surface area contributed by atoms with E-state index >= 15 is 0 Å². The lowest BCUT2D eigenvalue weighted by Crippen LogP contribution is -2.79. The quantitative estimate of drug-likeness (QED) is 0.452. The molecule has 5 aliphatic heterocycles. The highest BCUT2D eigenvalue weighted by molar-refractivity contribution is 5.83. The first-order chi connectivity index (χ1) is 13.0. The maximum Gasteiger partial charge on any atom is 0.321 e. The molecule has 4 saturated heterocycles. The molecule has 1 aromatic carbocycles. The number of benzene rings is 1. The van der Waals surface area contributed by atoms with Crippen LogP contribution in [0, 0.1) is 11.3 Å². The van der Waals surface area contributed by atoms with Gasteiger partial charge in [-0.15, -0.1) is 0 Å². The van der Waals surface area contributed by atoms with Gasteiger partial charge in [0.05, 0.1) is 31.7 Å². The summed E-state index contributed by atoms with van der Waals surface area (Å²) in [5.41, 5.74) is 2.41. The Hall–Kier alpha value is -1.85. The molecule has 1 spiro atoms. The van der Waals surface area contributed by atoms with Gasteiger partial charge in [-0.25, -0.2) is 0 Å². The second-order valence-electron chi connectivity index (χ2n) is 9.48. The number of quaternary nitrogens is 1. The summed E-state index contributed by atoms with van der Waals surface area (Å²) in [4.78, 5) is 13.4. The van der Waals surface area contributed by atoms with E-state index < -0.39 is 16.9 Å². The van der Waals surface area contributed by atoms with E-state index in [1.54, 1.807) is 0 Å². The van der Waals surface area contributed by atoms with Gasteiger partial charge >= 0.3 is 5.97 Å². The summed E-state index contributed by atoms with van der Waals surface area (Å²) in [5, 5.41) is 15.8. The molecule has 0 radical (unpaired) electrons. The molecule has 8 atom stereocenters. The molecular weight excluding hydrogens is 340 g/mol. The number of nitrogens with one attached hydrogen (secondary N) is 1. The van der Waals surface area contributed by atoms with Crippen LogP contribution in [-0.2, 0) is 14.9 Å². The number of hydrogen-bond acceptors (Lipinski definition) is 4. The lowest BCUT2D eigenvalue weighted by Gasteiger charge is -2.64. The Bertz CT molecular complexity index is 913. The van der Waals surface area contributed by atoms with Gasteiger partial charge in [-0.1, -0.05) is 24.3 Å². The number of esters is 1. The fraction of sp³-hybridized carbons (Fsp3) is 0.591. The number of ether oxygens (including phenoxy) is 1. The molecule has 0 amide bonds. The fourth-order valence-electron chi connectivity index (χ4n) is 8.23. The SMILES string of the molecule is C/C=C1\C[N@+]2(C)[C@H]3C[C@H]1[C@@]1(C(=O)OC)[C@@H](O)[C@]4(C[C@@H]12)c1ccccc1N[C@H]34. The highest BCUT2D eigenvalue weighted by atomic mass is 16.5. The molecule has 0 unspecified atom stereocenters. The predicted molar refractivity (Wildman–Crippen MR) is 101 cm³/mol. The number of piperidine rings is 4. The molecule has 6 aliphatic rings. The third-order valence-electron chi connectivity index (χ3n) is 9.11. The maximum atomic E-state index is 13.4. The molecule has 5 bridgehead atoms. The highest BCUT2D eigenvalue weighted by Gasteiger charge is 2.87. The second-order valence-corrected chi connectivity index (χ2v) is 9.48. The van der Waals surface area contributed by atoms with Crippen molar-refractivity contribution in [2.24, 2.45) is 11.3 Å². The fourth-order valence-corrected chi connectivity index (χ4v) is 8.23.